The molecule has 4 rings (SSSR count). The molecule has 1 fully saturated rings. The first-order valence-electron chi connectivity index (χ1n) is 8.11. The molecule has 3 aromatic rings. The lowest BCUT2D eigenvalue weighted by atomic mass is 10.1. The van der Waals surface area contributed by atoms with Crippen LogP contribution in [0.3, 0.4) is 0 Å². The Kier molecular flexibility index (Phi) is 3.71. The van der Waals surface area contributed by atoms with Gasteiger partial charge in [0, 0.05) is 43.8 Å². The summed E-state index contributed by atoms with van der Waals surface area (Å²) in [6.45, 7) is 2.14. The van der Waals surface area contributed by atoms with Crippen LogP contribution in [0.2, 0.25) is 0 Å². The second kappa shape index (κ2) is 6.01. The quantitative estimate of drug-likeness (QED) is 0.744. The Morgan fingerprint density at radius 3 is 2.74 bits per heavy atom. The van der Waals surface area contributed by atoms with Crippen LogP contribution in [0.4, 0.5) is 0 Å². The summed E-state index contributed by atoms with van der Waals surface area (Å²) in [4.78, 5) is 2.56. The molecule has 1 atom stereocenters. The van der Waals surface area contributed by atoms with E-state index in [9.17, 15) is 0 Å². The molecule has 1 unspecified atom stereocenters. The second-order valence-corrected chi connectivity index (χ2v) is 6.19. The van der Waals surface area contributed by atoms with Crippen molar-refractivity contribution in [3.63, 3.8) is 0 Å². The SMILES string of the molecule is Cn1cc(C2CCCN2Cc2ccc(-n3cccn3)cc2)cn1. The number of hydrogen-bond acceptors (Lipinski definition) is 3. The summed E-state index contributed by atoms with van der Waals surface area (Å²) in [5.74, 6) is 0. The van der Waals surface area contributed by atoms with E-state index in [4.69, 9.17) is 0 Å². The summed E-state index contributed by atoms with van der Waals surface area (Å²) in [6.07, 6.45) is 10.4. The molecule has 1 aliphatic rings. The van der Waals surface area contributed by atoms with Crippen molar-refractivity contribution in [2.45, 2.75) is 25.4 Å². The molecule has 5 nitrogen and oxygen atoms in total. The normalized spacial score (nSPS) is 18.6. The van der Waals surface area contributed by atoms with E-state index in [0.717, 1.165) is 18.8 Å². The van der Waals surface area contributed by atoms with Crippen LogP contribution < -0.4 is 0 Å². The van der Waals surface area contributed by atoms with Crippen molar-refractivity contribution in [2.24, 2.45) is 7.05 Å². The molecular formula is C18H21N5. The first-order valence-corrected chi connectivity index (χ1v) is 8.11. The lowest BCUT2D eigenvalue weighted by Gasteiger charge is -2.23. The number of hydrogen-bond donors (Lipinski definition) is 0. The smallest absolute Gasteiger partial charge is 0.0645 e. The van der Waals surface area contributed by atoms with Crippen molar-refractivity contribution < 1.29 is 0 Å². The molecule has 0 radical (unpaired) electrons. The minimum atomic E-state index is 0.495. The third kappa shape index (κ3) is 2.92. The van der Waals surface area contributed by atoms with Crippen molar-refractivity contribution in [2.75, 3.05) is 6.54 Å². The molecule has 118 valence electrons. The van der Waals surface area contributed by atoms with Crippen molar-refractivity contribution >= 4 is 0 Å². The van der Waals surface area contributed by atoms with Crippen molar-refractivity contribution in [1.29, 1.82) is 0 Å². The maximum absolute atomic E-state index is 4.32. The van der Waals surface area contributed by atoms with Gasteiger partial charge in [0.05, 0.1) is 11.9 Å². The minimum Gasteiger partial charge on any atom is -0.292 e. The predicted molar refractivity (Wildman–Crippen MR) is 89.2 cm³/mol. The lowest BCUT2D eigenvalue weighted by molar-refractivity contribution is 0.248. The first kappa shape index (κ1) is 14.2. The molecule has 1 saturated heterocycles. The molecule has 1 aliphatic heterocycles. The van der Waals surface area contributed by atoms with E-state index >= 15 is 0 Å². The molecule has 0 spiro atoms. The Morgan fingerprint density at radius 2 is 2.04 bits per heavy atom. The molecule has 0 bridgehead atoms. The molecule has 23 heavy (non-hydrogen) atoms. The second-order valence-electron chi connectivity index (χ2n) is 6.19. The number of aromatic nitrogens is 4. The zero-order valence-corrected chi connectivity index (χ0v) is 13.3. The van der Waals surface area contributed by atoms with Crippen molar-refractivity contribution in [3.05, 3.63) is 66.2 Å². The third-order valence-corrected chi connectivity index (χ3v) is 4.56. The van der Waals surface area contributed by atoms with Gasteiger partial charge in [-0.2, -0.15) is 10.2 Å². The lowest BCUT2D eigenvalue weighted by Crippen LogP contribution is -2.22. The Hall–Kier alpha value is -2.40. The number of likely N-dealkylation sites (tertiary alicyclic amines) is 1. The van der Waals surface area contributed by atoms with Crippen LogP contribution in [0.1, 0.15) is 30.0 Å². The molecule has 3 heterocycles. The van der Waals surface area contributed by atoms with Gasteiger partial charge in [0.2, 0.25) is 0 Å². The third-order valence-electron chi connectivity index (χ3n) is 4.56. The van der Waals surface area contributed by atoms with Crippen LogP contribution in [0.15, 0.2) is 55.1 Å². The highest BCUT2D eigenvalue weighted by atomic mass is 15.3. The van der Waals surface area contributed by atoms with Crippen LogP contribution in [-0.2, 0) is 13.6 Å². The number of benzene rings is 1. The Morgan fingerprint density at radius 1 is 1.17 bits per heavy atom. The van der Waals surface area contributed by atoms with Gasteiger partial charge in [0.15, 0.2) is 0 Å². The fourth-order valence-electron chi connectivity index (χ4n) is 3.42. The summed E-state index contributed by atoms with van der Waals surface area (Å²) >= 11 is 0. The molecule has 5 heteroatoms. The van der Waals surface area contributed by atoms with Gasteiger partial charge in [0.25, 0.3) is 0 Å². The summed E-state index contributed by atoms with van der Waals surface area (Å²) < 4.78 is 3.78. The van der Waals surface area contributed by atoms with Gasteiger partial charge in [-0.15, -0.1) is 0 Å². The predicted octanol–water partition coefficient (Wildman–Crippen LogP) is 2.94. The molecule has 0 aliphatic carbocycles. The maximum Gasteiger partial charge on any atom is 0.0645 e. The molecule has 2 aromatic heterocycles. The zero-order chi connectivity index (χ0) is 15.6. The first-order chi connectivity index (χ1) is 11.3. The molecular weight excluding hydrogens is 286 g/mol. The molecule has 0 amide bonds. The fraction of sp³-hybridized carbons (Fsp3) is 0.333. The largest absolute Gasteiger partial charge is 0.292 e. The monoisotopic (exact) mass is 307 g/mol. The van der Waals surface area contributed by atoms with E-state index in [1.165, 1.54) is 24.0 Å². The Labute approximate surface area is 136 Å². The number of rotatable bonds is 4. The van der Waals surface area contributed by atoms with Gasteiger partial charge < -0.3 is 0 Å². The summed E-state index contributed by atoms with van der Waals surface area (Å²) in [6, 6.07) is 11.1. The van der Waals surface area contributed by atoms with Crippen LogP contribution in [0, 0.1) is 0 Å². The van der Waals surface area contributed by atoms with Gasteiger partial charge in [-0.3, -0.25) is 9.58 Å². The van der Waals surface area contributed by atoms with E-state index in [2.05, 4.69) is 45.6 Å². The van der Waals surface area contributed by atoms with Gasteiger partial charge >= 0.3 is 0 Å². The van der Waals surface area contributed by atoms with Gasteiger partial charge in [-0.25, -0.2) is 4.68 Å². The highest BCUT2D eigenvalue weighted by Gasteiger charge is 2.26. The molecule has 0 N–H and O–H groups in total. The number of nitrogens with zero attached hydrogens (tertiary/aromatic N) is 5. The van der Waals surface area contributed by atoms with Gasteiger partial charge in [-0.05, 0) is 43.1 Å². The van der Waals surface area contributed by atoms with E-state index < -0.39 is 0 Å². The minimum absolute atomic E-state index is 0.495. The molecule has 1 aromatic carbocycles. The van der Waals surface area contributed by atoms with Crippen LogP contribution in [-0.4, -0.2) is 31.0 Å². The van der Waals surface area contributed by atoms with Crippen LogP contribution in [0.5, 0.6) is 0 Å². The standard InChI is InChI=1S/C18H21N5/c1-21-14-16(12-20-21)18-4-2-10-22(18)13-15-5-7-17(8-6-15)23-11-3-9-19-23/h3,5-9,11-12,14,18H,2,4,10,13H2,1H3. The molecule has 0 saturated carbocycles. The summed E-state index contributed by atoms with van der Waals surface area (Å²) in [7, 11) is 1.98. The van der Waals surface area contributed by atoms with Crippen molar-refractivity contribution in [3.8, 4) is 5.69 Å². The van der Waals surface area contributed by atoms with Crippen LogP contribution >= 0.6 is 0 Å². The maximum atomic E-state index is 4.32. The van der Waals surface area contributed by atoms with E-state index in [0.29, 0.717) is 6.04 Å². The van der Waals surface area contributed by atoms with Crippen LogP contribution in [0.25, 0.3) is 5.69 Å². The summed E-state index contributed by atoms with van der Waals surface area (Å²) in [5.41, 5.74) is 3.78. The van der Waals surface area contributed by atoms with Crippen molar-refractivity contribution in [1.82, 2.24) is 24.5 Å². The topological polar surface area (TPSA) is 38.9 Å². The summed E-state index contributed by atoms with van der Waals surface area (Å²) in [5, 5.41) is 8.59. The average molecular weight is 307 g/mol. The highest BCUT2D eigenvalue weighted by molar-refractivity contribution is 5.33. The van der Waals surface area contributed by atoms with E-state index in [1.807, 2.05) is 34.9 Å². The number of aryl methyl sites for hydroxylation is 1. The van der Waals surface area contributed by atoms with E-state index in [-0.39, 0.29) is 0 Å². The van der Waals surface area contributed by atoms with E-state index in [1.54, 1.807) is 6.20 Å². The fourth-order valence-corrected chi connectivity index (χ4v) is 3.42. The Balaban J connectivity index is 1.49. The zero-order valence-electron chi connectivity index (χ0n) is 13.3. The highest BCUT2D eigenvalue weighted by Crippen LogP contribution is 2.32. The van der Waals surface area contributed by atoms with Gasteiger partial charge in [0.1, 0.15) is 0 Å². The average Bonchev–Trinajstić information content (AvgIpc) is 3.29. The van der Waals surface area contributed by atoms with Gasteiger partial charge in [-0.1, -0.05) is 12.1 Å². The Bertz CT molecular complexity index is 757.